The van der Waals surface area contributed by atoms with Crippen molar-refractivity contribution in [3.8, 4) is 0 Å². The molecule has 0 unspecified atom stereocenters. The quantitative estimate of drug-likeness (QED) is 0.652. The Morgan fingerprint density at radius 3 is 2.68 bits per heavy atom. The number of fused-ring (bicyclic) bond motifs is 2. The van der Waals surface area contributed by atoms with Crippen LogP contribution < -0.4 is 0 Å². The van der Waals surface area contributed by atoms with Crippen LogP contribution in [0.4, 0.5) is 0 Å². The first kappa shape index (κ1) is 20.8. The van der Waals surface area contributed by atoms with Gasteiger partial charge in [-0.15, -0.1) is 0 Å². The lowest BCUT2D eigenvalue weighted by molar-refractivity contribution is -0.223. The van der Waals surface area contributed by atoms with E-state index in [4.69, 9.17) is 25.8 Å². The second-order valence-corrected chi connectivity index (χ2v) is 9.45. The third-order valence-electron chi connectivity index (χ3n) is 6.34. The molecule has 0 bridgehead atoms. The zero-order valence-corrected chi connectivity index (χ0v) is 18.9. The van der Waals surface area contributed by atoms with Gasteiger partial charge in [-0.1, -0.05) is 23.7 Å². The monoisotopic (exact) mass is 443 g/mol. The zero-order chi connectivity index (χ0) is 22.1. The Morgan fingerprint density at radius 1 is 1.16 bits per heavy atom. The highest BCUT2D eigenvalue weighted by Crippen LogP contribution is 2.53. The lowest BCUT2D eigenvalue weighted by atomic mass is 9.88. The molecular formula is C23H26ClN3O4. The van der Waals surface area contributed by atoms with Crippen LogP contribution >= 0.6 is 11.6 Å². The number of hydrogen-bond acceptors (Lipinski definition) is 6. The van der Waals surface area contributed by atoms with Crippen LogP contribution in [0.3, 0.4) is 0 Å². The van der Waals surface area contributed by atoms with Gasteiger partial charge in [-0.05, 0) is 57.9 Å². The molecule has 8 heteroatoms. The molecule has 0 aliphatic carbocycles. The maximum atomic E-state index is 11.4. The van der Waals surface area contributed by atoms with Crippen LogP contribution in [0.25, 0.3) is 11.0 Å². The van der Waals surface area contributed by atoms with Gasteiger partial charge in [0.25, 0.3) is 0 Å². The number of aryl methyl sites for hydroxylation is 2. The number of aliphatic hydroxyl groups excluding tert-OH is 1. The molecule has 2 fully saturated rings. The van der Waals surface area contributed by atoms with Crippen LogP contribution in [0.1, 0.15) is 49.9 Å². The average molecular weight is 444 g/mol. The molecule has 5 rings (SSSR count). The lowest BCUT2D eigenvalue weighted by Gasteiger charge is -2.32. The van der Waals surface area contributed by atoms with E-state index in [0.717, 1.165) is 27.9 Å². The molecule has 1 N–H and O–H groups in total. The Kier molecular flexibility index (Phi) is 4.70. The summed E-state index contributed by atoms with van der Waals surface area (Å²) in [6.07, 6.45) is 0.913. The van der Waals surface area contributed by atoms with Crippen LogP contribution in [0.2, 0.25) is 5.02 Å². The van der Waals surface area contributed by atoms with Gasteiger partial charge < -0.3 is 23.9 Å². The number of aliphatic hydroxyl groups is 1. The summed E-state index contributed by atoms with van der Waals surface area (Å²) in [5, 5.41) is 13.0. The Balaban J connectivity index is 1.58. The van der Waals surface area contributed by atoms with Crippen molar-refractivity contribution in [2.45, 2.75) is 70.5 Å². The van der Waals surface area contributed by atoms with E-state index in [2.05, 4.69) is 9.97 Å². The predicted molar refractivity (Wildman–Crippen MR) is 116 cm³/mol. The minimum absolute atomic E-state index is 0.443. The summed E-state index contributed by atoms with van der Waals surface area (Å²) in [7, 11) is 0. The molecule has 2 aromatic heterocycles. The molecule has 164 valence electrons. The maximum absolute atomic E-state index is 11.4. The number of halogens is 1. The first-order chi connectivity index (χ1) is 14.6. The van der Waals surface area contributed by atoms with Gasteiger partial charge in [0.05, 0.1) is 5.69 Å². The van der Waals surface area contributed by atoms with Crippen molar-refractivity contribution >= 4 is 22.6 Å². The van der Waals surface area contributed by atoms with Crippen molar-refractivity contribution < 1.29 is 19.3 Å². The molecule has 2 aliphatic heterocycles. The molecule has 7 nitrogen and oxygen atoms in total. The van der Waals surface area contributed by atoms with Gasteiger partial charge in [0, 0.05) is 16.6 Å². The fourth-order valence-corrected chi connectivity index (χ4v) is 5.00. The van der Waals surface area contributed by atoms with Gasteiger partial charge in [-0.2, -0.15) is 0 Å². The van der Waals surface area contributed by atoms with E-state index in [1.54, 1.807) is 12.4 Å². The zero-order valence-electron chi connectivity index (χ0n) is 18.2. The first-order valence-corrected chi connectivity index (χ1v) is 10.7. The van der Waals surface area contributed by atoms with E-state index in [-0.39, 0.29) is 0 Å². The third kappa shape index (κ3) is 3.18. The summed E-state index contributed by atoms with van der Waals surface area (Å²) >= 11 is 6.18. The molecule has 0 amide bonds. The van der Waals surface area contributed by atoms with E-state index in [0.29, 0.717) is 5.02 Å². The molecular weight excluding hydrogens is 418 g/mol. The van der Waals surface area contributed by atoms with Crippen LogP contribution in [-0.2, 0) is 14.2 Å². The van der Waals surface area contributed by atoms with Gasteiger partial charge in [-0.3, -0.25) is 0 Å². The Hall–Kier alpha value is -2.03. The molecule has 31 heavy (non-hydrogen) atoms. The molecule has 0 saturated carbocycles. The minimum Gasteiger partial charge on any atom is -0.386 e. The van der Waals surface area contributed by atoms with Crippen molar-refractivity contribution in [1.82, 2.24) is 14.5 Å². The van der Waals surface area contributed by atoms with Gasteiger partial charge in [0.1, 0.15) is 35.9 Å². The summed E-state index contributed by atoms with van der Waals surface area (Å²) in [5.74, 6) is -0.816. The fraction of sp³-hybridized carbons (Fsp3) is 0.478. The van der Waals surface area contributed by atoms with Crippen molar-refractivity contribution in [2.24, 2.45) is 0 Å². The number of rotatable bonds is 3. The Bertz CT molecular complexity index is 1160. The van der Waals surface area contributed by atoms with E-state index in [1.165, 1.54) is 0 Å². The predicted octanol–water partition coefficient (Wildman–Crippen LogP) is 4.24. The largest absolute Gasteiger partial charge is 0.386 e. The first-order valence-electron chi connectivity index (χ1n) is 10.4. The van der Waals surface area contributed by atoms with Gasteiger partial charge >= 0.3 is 0 Å². The number of ether oxygens (including phenoxy) is 3. The van der Waals surface area contributed by atoms with Gasteiger partial charge in [0.2, 0.25) is 0 Å². The van der Waals surface area contributed by atoms with Gasteiger partial charge in [0.15, 0.2) is 12.0 Å². The fourth-order valence-electron chi connectivity index (χ4n) is 4.88. The lowest BCUT2D eigenvalue weighted by Crippen LogP contribution is -2.46. The van der Waals surface area contributed by atoms with E-state index < -0.39 is 35.9 Å². The second kappa shape index (κ2) is 6.98. The standard InChI is InChI=1S/C23H26ClN3O4/c1-12-10-14(6-7-16(12)24)17(28)18-23(5)19(30-22(3,4)31-23)21(29-18)27-9-8-15-13(2)25-11-26-20(15)27/h6-11,17-19,21,28H,1-5H3/t17-,18-,19+,21-,23-/m1/s1. The third-order valence-corrected chi connectivity index (χ3v) is 6.77. The number of nitrogens with zero attached hydrogens (tertiary/aromatic N) is 3. The summed E-state index contributed by atoms with van der Waals surface area (Å²) < 4.78 is 21.1. The summed E-state index contributed by atoms with van der Waals surface area (Å²) in [4.78, 5) is 8.74. The smallest absolute Gasteiger partial charge is 0.165 e. The topological polar surface area (TPSA) is 78.6 Å². The van der Waals surface area contributed by atoms with Crippen molar-refractivity contribution in [1.29, 1.82) is 0 Å². The molecule has 2 aliphatic rings. The van der Waals surface area contributed by atoms with Crippen LogP contribution in [0.5, 0.6) is 0 Å². The number of benzene rings is 1. The maximum Gasteiger partial charge on any atom is 0.165 e. The highest BCUT2D eigenvalue weighted by Gasteiger charge is 2.65. The molecule has 2 saturated heterocycles. The number of hydrogen-bond donors (Lipinski definition) is 1. The molecule has 0 radical (unpaired) electrons. The van der Waals surface area contributed by atoms with Crippen LogP contribution in [-0.4, -0.2) is 43.2 Å². The summed E-state index contributed by atoms with van der Waals surface area (Å²) in [5.41, 5.74) is 2.38. The minimum atomic E-state index is -0.927. The highest BCUT2D eigenvalue weighted by atomic mass is 35.5. The molecule has 5 atom stereocenters. The average Bonchev–Trinajstić information content (AvgIpc) is 3.31. The Labute approximate surface area is 185 Å². The van der Waals surface area contributed by atoms with Crippen molar-refractivity contribution in [3.05, 3.63) is 58.6 Å². The molecule has 0 spiro atoms. The molecule has 3 aromatic rings. The number of aromatic nitrogens is 3. The van der Waals surface area contributed by atoms with E-state index >= 15 is 0 Å². The SMILES string of the molecule is Cc1cc([C@@H](O)[C@H]2O[C@@H](n3ccc4c(C)ncnc43)[C@@H]3OC(C)(C)O[C@]23C)ccc1Cl. The van der Waals surface area contributed by atoms with Crippen molar-refractivity contribution in [2.75, 3.05) is 0 Å². The summed E-state index contributed by atoms with van der Waals surface area (Å²) in [6, 6.07) is 7.46. The molecule has 1 aromatic carbocycles. The van der Waals surface area contributed by atoms with E-state index in [1.807, 2.05) is 63.6 Å². The normalized spacial score (nSPS) is 30.6. The van der Waals surface area contributed by atoms with E-state index in [9.17, 15) is 5.11 Å². The van der Waals surface area contributed by atoms with Crippen LogP contribution in [0, 0.1) is 13.8 Å². The second-order valence-electron chi connectivity index (χ2n) is 9.04. The summed E-state index contributed by atoms with van der Waals surface area (Å²) in [6.45, 7) is 9.55. The Morgan fingerprint density at radius 2 is 1.94 bits per heavy atom. The highest BCUT2D eigenvalue weighted by molar-refractivity contribution is 6.31. The van der Waals surface area contributed by atoms with Gasteiger partial charge in [-0.25, -0.2) is 9.97 Å². The van der Waals surface area contributed by atoms with Crippen LogP contribution in [0.15, 0.2) is 36.8 Å². The molecule has 4 heterocycles. The van der Waals surface area contributed by atoms with Crippen molar-refractivity contribution in [3.63, 3.8) is 0 Å².